The highest BCUT2D eigenvalue weighted by atomic mass is 35.5. The van der Waals surface area contributed by atoms with Crippen molar-refractivity contribution in [1.82, 2.24) is 0 Å². The standard InChI is InChI=1S/C28H25ClO5/c1-19-8-15-27(24(16-19)26(30)14-11-20-9-12-22(29)13-10-20)34-17-21-6-4-5-7-23(21)25(18-32-2)28(31)33-3/h4-16,18H,17H2,1-3H3/b14-11+,25-18+. The Kier molecular flexibility index (Phi) is 8.66. The van der Waals surface area contributed by atoms with Crippen LogP contribution in [0.15, 0.2) is 79.1 Å². The topological polar surface area (TPSA) is 61.8 Å². The summed E-state index contributed by atoms with van der Waals surface area (Å²) in [5, 5.41) is 0.633. The fourth-order valence-electron chi connectivity index (χ4n) is 3.31. The SMILES string of the molecule is CO/C=C(/C(=O)OC)c1ccccc1COc1ccc(C)cc1C(=O)/C=C/c1ccc(Cl)cc1. The summed E-state index contributed by atoms with van der Waals surface area (Å²) in [7, 11) is 2.77. The maximum absolute atomic E-state index is 13.0. The molecule has 0 unspecified atom stereocenters. The van der Waals surface area contributed by atoms with Gasteiger partial charge in [-0.1, -0.05) is 65.7 Å². The van der Waals surface area contributed by atoms with Gasteiger partial charge in [-0.15, -0.1) is 0 Å². The van der Waals surface area contributed by atoms with Crippen molar-refractivity contribution < 1.29 is 23.8 Å². The van der Waals surface area contributed by atoms with Gasteiger partial charge in [-0.25, -0.2) is 4.79 Å². The van der Waals surface area contributed by atoms with E-state index in [0.29, 0.717) is 21.9 Å². The number of aryl methyl sites for hydroxylation is 1. The summed E-state index contributed by atoms with van der Waals surface area (Å²) in [6.45, 7) is 2.05. The van der Waals surface area contributed by atoms with Crippen molar-refractivity contribution in [1.29, 1.82) is 0 Å². The second-order valence-corrected chi connectivity index (χ2v) is 7.89. The highest BCUT2D eigenvalue weighted by Gasteiger charge is 2.18. The molecule has 174 valence electrons. The second-order valence-electron chi connectivity index (χ2n) is 7.45. The average molecular weight is 477 g/mol. The smallest absolute Gasteiger partial charge is 0.341 e. The third-order valence-corrected chi connectivity index (χ3v) is 5.28. The molecule has 0 atom stereocenters. The zero-order valence-electron chi connectivity index (χ0n) is 19.2. The van der Waals surface area contributed by atoms with Crippen LogP contribution in [0, 0.1) is 6.92 Å². The number of rotatable bonds is 9. The van der Waals surface area contributed by atoms with Crippen LogP contribution >= 0.6 is 11.6 Å². The average Bonchev–Trinajstić information content (AvgIpc) is 2.85. The normalized spacial score (nSPS) is 11.4. The summed E-state index contributed by atoms with van der Waals surface area (Å²) in [6, 6.07) is 19.9. The summed E-state index contributed by atoms with van der Waals surface area (Å²) in [4.78, 5) is 25.2. The van der Waals surface area contributed by atoms with Crippen LogP contribution < -0.4 is 4.74 Å². The minimum atomic E-state index is -0.521. The highest BCUT2D eigenvalue weighted by molar-refractivity contribution is 6.30. The molecule has 0 saturated heterocycles. The minimum Gasteiger partial charge on any atom is -0.503 e. The number of carbonyl (C=O) groups is 2. The van der Waals surface area contributed by atoms with Crippen molar-refractivity contribution in [3.05, 3.63) is 112 Å². The number of ether oxygens (including phenoxy) is 3. The molecule has 0 N–H and O–H groups in total. The molecule has 0 aliphatic carbocycles. The van der Waals surface area contributed by atoms with Gasteiger partial charge >= 0.3 is 5.97 Å². The number of halogens is 1. The number of methoxy groups -OCH3 is 2. The van der Waals surface area contributed by atoms with Crippen LogP contribution in [0.25, 0.3) is 11.6 Å². The van der Waals surface area contributed by atoms with Crippen LogP contribution in [0.1, 0.15) is 32.6 Å². The first kappa shape index (κ1) is 24.8. The van der Waals surface area contributed by atoms with E-state index in [2.05, 4.69) is 0 Å². The van der Waals surface area contributed by atoms with E-state index in [1.165, 1.54) is 26.6 Å². The summed E-state index contributed by atoms with van der Waals surface area (Å²) in [6.07, 6.45) is 4.58. The van der Waals surface area contributed by atoms with Crippen LogP contribution in [0.3, 0.4) is 0 Å². The summed E-state index contributed by atoms with van der Waals surface area (Å²) >= 11 is 5.92. The predicted molar refractivity (Wildman–Crippen MR) is 134 cm³/mol. The van der Waals surface area contributed by atoms with E-state index in [-0.39, 0.29) is 18.0 Å². The van der Waals surface area contributed by atoms with E-state index in [9.17, 15) is 9.59 Å². The Hall–Kier alpha value is -3.83. The number of carbonyl (C=O) groups excluding carboxylic acids is 2. The first-order chi connectivity index (χ1) is 16.4. The van der Waals surface area contributed by atoms with Gasteiger partial charge in [-0.2, -0.15) is 0 Å². The molecule has 0 radical (unpaired) electrons. The van der Waals surface area contributed by atoms with Crippen LogP contribution in [0.2, 0.25) is 5.02 Å². The Morgan fingerprint density at radius 2 is 1.68 bits per heavy atom. The Balaban J connectivity index is 1.85. The second kappa shape index (κ2) is 11.9. The van der Waals surface area contributed by atoms with E-state index in [1.54, 1.807) is 36.4 Å². The lowest BCUT2D eigenvalue weighted by Crippen LogP contribution is -2.09. The van der Waals surface area contributed by atoms with E-state index in [1.807, 2.05) is 43.3 Å². The molecule has 3 aromatic carbocycles. The molecule has 0 fully saturated rings. The molecule has 0 bridgehead atoms. The van der Waals surface area contributed by atoms with Gasteiger partial charge in [0, 0.05) is 5.02 Å². The Morgan fingerprint density at radius 3 is 2.38 bits per heavy atom. The summed E-state index contributed by atoms with van der Waals surface area (Å²) in [5.74, 6) is -0.259. The minimum absolute atomic E-state index is 0.137. The Morgan fingerprint density at radius 1 is 0.941 bits per heavy atom. The number of benzene rings is 3. The molecule has 0 spiro atoms. The van der Waals surface area contributed by atoms with Crippen molar-refractivity contribution in [3.8, 4) is 5.75 Å². The van der Waals surface area contributed by atoms with Crippen molar-refractivity contribution in [3.63, 3.8) is 0 Å². The maximum atomic E-state index is 13.0. The molecule has 0 aromatic heterocycles. The van der Waals surface area contributed by atoms with E-state index in [4.69, 9.17) is 25.8 Å². The number of esters is 1. The lowest BCUT2D eigenvalue weighted by atomic mass is 10.0. The predicted octanol–water partition coefficient (Wildman–Crippen LogP) is 6.28. The summed E-state index contributed by atoms with van der Waals surface area (Å²) < 4.78 is 16.0. The number of ketones is 1. The van der Waals surface area contributed by atoms with Crippen molar-refractivity contribution in [2.45, 2.75) is 13.5 Å². The maximum Gasteiger partial charge on any atom is 0.341 e. The van der Waals surface area contributed by atoms with Crippen LogP contribution in [0.5, 0.6) is 5.75 Å². The molecular weight excluding hydrogens is 452 g/mol. The van der Waals surface area contributed by atoms with Gasteiger partial charge in [0.15, 0.2) is 5.78 Å². The van der Waals surface area contributed by atoms with E-state index >= 15 is 0 Å². The molecule has 0 aliphatic rings. The van der Waals surface area contributed by atoms with Crippen molar-refractivity contribution in [2.24, 2.45) is 0 Å². The molecule has 34 heavy (non-hydrogen) atoms. The molecule has 0 saturated carbocycles. The fourth-order valence-corrected chi connectivity index (χ4v) is 3.44. The van der Waals surface area contributed by atoms with Gasteiger partial charge in [0.25, 0.3) is 0 Å². The van der Waals surface area contributed by atoms with E-state index < -0.39 is 5.97 Å². The quantitative estimate of drug-likeness (QED) is 0.157. The molecule has 3 rings (SSSR count). The lowest BCUT2D eigenvalue weighted by Gasteiger charge is -2.14. The zero-order chi connectivity index (χ0) is 24.5. The van der Waals surface area contributed by atoms with Gasteiger partial charge in [0.05, 0.1) is 26.0 Å². The van der Waals surface area contributed by atoms with Gasteiger partial charge in [-0.3, -0.25) is 4.79 Å². The van der Waals surface area contributed by atoms with Gasteiger partial charge in [0.2, 0.25) is 0 Å². The monoisotopic (exact) mass is 476 g/mol. The van der Waals surface area contributed by atoms with Crippen molar-refractivity contribution in [2.75, 3.05) is 14.2 Å². The third-order valence-electron chi connectivity index (χ3n) is 5.03. The molecule has 5 nitrogen and oxygen atoms in total. The Labute approximate surface area is 204 Å². The van der Waals surface area contributed by atoms with Gasteiger partial charge in [-0.05, 0) is 54.0 Å². The van der Waals surface area contributed by atoms with Crippen molar-refractivity contribution >= 4 is 35.0 Å². The van der Waals surface area contributed by atoms with E-state index in [0.717, 1.165) is 16.7 Å². The van der Waals surface area contributed by atoms with Crippen LogP contribution in [-0.4, -0.2) is 26.0 Å². The summed E-state index contributed by atoms with van der Waals surface area (Å²) in [5.41, 5.74) is 3.89. The first-order valence-corrected chi connectivity index (χ1v) is 10.9. The molecular formula is C28H25ClO5. The largest absolute Gasteiger partial charge is 0.503 e. The number of hydrogen-bond donors (Lipinski definition) is 0. The molecule has 0 heterocycles. The molecule has 0 aliphatic heterocycles. The highest BCUT2D eigenvalue weighted by Crippen LogP contribution is 2.26. The van der Waals surface area contributed by atoms with Gasteiger partial charge in [0.1, 0.15) is 17.9 Å². The third kappa shape index (κ3) is 6.36. The number of allylic oxidation sites excluding steroid dienone is 1. The Bertz CT molecular complexity index is 1230. The fraction of sp³-hybridized carbons (Fsp3) is 0.143. The first-order valence-electron chi connectivity index (χ1n) is 10.5. The molecule has 3 aromatic rings. The zero-order valence-corrected chi connectivity index (χ0v) is 20.0. The lowest BCUT2D eigenvalue weighted by molar-refractivity contribution is -0.133. The molecule has 6 heteroatoms. The van der Waals surface area contributed by atoms with Crippen LogP contribution in [0.4, 0.5) is 0 Å². The van der Waals surface area contributed by atoms with Crippen LogP contribution in [-0.2, 0) is 20.9 Å². The van der Waals surface area contributed by atoms with Gasteiger partial charge < -0.3 is 14.2 Å². The number of hydrogen-bond acceptors (Lipinski definition) is 5. The molecule has 0 amide bonds.